The molecule has 0 spiro atoms. The lowest BCUT2D eigenvalue weighted by atomic mass is 9.94. The fourth-order valence-electron chi connectivity index (χ4n) is 2.47. The van der Waals surface area contributed by atoms with Crippen LogP contribution in [0, 0.1) is 17.2 Å². The van der Waals surface area contributed by atoms with Crippen LogP contribution >= 0.6 is 0 Å². The van der Waals surface area contributed by atoms with E-state index in [0.29, 0.717) is 17.7 Å². The van der Waals surface area contributed by atoms with Gasteiger partial charge in [-0.15, -0.1) is 0 Å². The summed E-state index contributed by atoms with van der Waals surface area (Å²) in [5.41, 5.74) is -1.46. The van der Waals surface area contributed by atoms with Crippen LogP contribution in [0.4, 0.5) is 13.2 Å². The molecule has 0 aliphatic heterocycles. The van der Waals surface area contributed by atoms with Gasteiger partial charge in [-0.1, -0.05) is 36.4 Å². The molecule has 29 heavy (non-hydrogen) atoms. The highest BCUT2D eigenvalue weighted by Crippen LogP contribution is 2.31. The lowest BCUT2D eigenvalue weighted by Gasteiger charge is -2.14. The number of thiol groups is 1. The van der Waals surface area contributed by atoms with E-state index in [1.54, 1.807) is 30.3 Å². The Morgan fingerprint density at radius 1 is 1.10 bits per heavy atom. The monoisotopic (exact) mass is 425 g/mol. The summed E-state index contributed by atoms with van der Waals surface area (Å²) >= 11 is 0. The van der Waals surface area contributed by atoms with Gasteiger partial charge >= 0.3 is 12.1 Å². The maximum absolute atomic E-state index is 12.9. The molecule has 0 bridgehead atoms. The highest BCUT2D eigenvalue weighted by molar-refractivity contribution is 7.71. The fourth-order valence-corrected chi connectivity index (χ4v) is 3.01. The standard InChI is InChI=1S/C19H14F3NO5S/c20-19(21,22)14-6-7-15(13(8-14)11-29(26)27)17(24)16(9-23)18(25)28-10-12-4-2-1-3-5-12/h1-8,16,29H,10-11H2. The number of carbonyl (C=O) groups is 2. The molecule has 0 aliphatic rings. The second-order valence-corrected chi connectivity index (χ2v) is 6.86. The van der Waals surface area contributed by atoms with Gasteiger partial charge in [0.1, 0.15) is 17.3 Å². The van der Waals surface area contributed by atoms with E-state index in [-0.39, 0.29) is 6.61 Å². The first kappa shape index (κ1) is 22.1. The van der Waals surface area contributed by atoms with Crippen LogP contribution in [0.5, 0.6) is 0 Å². The molecule has 0 aromatic heterocycles. The Balaban J connectivity index is 2.29. The molecule has 2 rings (SSSR count). The van der Waals surface area contributed by atoms with E-state index in [4.69, 9.17) is 4.74 Å². The molecular formula is C19H14F3NO5S. The molecule has 0 radical (unpaired) electrons. The van der Waals surface area contributed by atoms with Crippen LogP contribution in [0.15, 0.2) is 48.5 Å². The summed E-state index contributed by atoms with van der Waals surface area (Å²) in [6.07, 6.45) is -4.76. The van der Waals surface area contributed by atoms with E-state index in [1.165, 1.54) is 6.07 Å². The third kappa shape index (κ3) is 5.89. The van der Waals surface area contributed by atoms with E-state index in [1.807, 2.05) is 0 Å². The number of benzene rings is 2. The molecule has 152 valence electrons. The van der Waals surface area contributed by atoms with E-state index in [0.717, 1.165) is 6.07 Å². The van der Waals surface area contributed by atoms with Crippen LogP contribution < -0.4 is 0 Å². The molecule has 0 heterocycles. The lowest BCUT2D eigenvalue weighted by Crippen LogP contribution is -2.26. The van der Waals surface area contributed by atoms with Gasteiger partial charge in [0.2, 0.25) is 5.92 Å². The number of nitriles is 1. The number of Topliss-reactive ketones (excluding diaryl/α,β-unsaturated/α-hetero) is 1. The molecule has 2 aromatic carbocycles. The second kappa shape index (κ2) is 9.34. The van der Waals surface area contributed by atoms with Crippen LogP contribution in [0.25, 0.3) is 0 Å². The minimum absolute atomic E-state index is 0.211. The average molecular weight is 425 g/mol. The van der Waals surface area contributed by atoms with Crippen molar-refractivity contribution in [3.63, 3.8) is 0 Å². The molecule has 0 N–H and O–H groups in total. The summed E-state index contributed by atoms with van der Waals surface area (Å²) in [4.78, 5) is 24.7. The van der Waals surface area contributed by atoms with Crippen LogP contribution in [-0.4, -0.2) is 20.2 Å². The van der Waals surface area contributed by atoms with E-state index in [2.05, 4.69) is 0 Å². The van der Waals surface area contributed by atoms with Crippen molar-refractivity contribution in [2.45, 2.75) is 18.5 Å². The van der Waals surface area contributed by atoms with Crippen molar-refractivity contribution in [3.8, 4) is 6.07 Å². The van der Waals surface area contributed by atoms with Crippen molar-refractivity contribution < 1.29 is 35.9 Å². The highest BCUT2D eigenvalue weighted by atomic mass is 32.2. The fraction of sp³-hybridized carbons (Fsp3) is 0.211. The summed E-state index contributed by atoms with van der Waals surface area (Å²) in [5.74, 6) is -5.11. The molecule has 0 saturated heterocycles. The molecule has 1 atom stereocenters. The first-order valence-corrected chi connectivity index (χ1v) is 9.46. The third-order valence-electron chi connectivity index (χ3n) is 3.85. The largest absolute Gasteiger partial charge is 0.459 e. The molecule has 0 aliphatic carbocycles. The molecule has 2 aromatic rings. The first-order chi connectivity index (χ1) is 13.6. The van der Waals surface area contributed by atoms with E-state index < -0.39 is 57.0 Å². The molecule has 1 unspecified atom stereocenters. The Labute approximate surface area is 165 Å². The second-order valence-electron chi connectivity index (χ2n) is 5.88. The summed E-state index contributed by atoms with van der Waals surface area (Å²) < 4.78 is 65.7. The summed E-state index contributed by atoms with van der Waals surface area (Å²) in [6.45, 7) is -0.211. The van der Waals surface area contributed by atoms with Crippen molar-refractivity contribution in [3.05, 3.63) is 70.8 Å². The number of rotatable bonds is 7. The number of nitrogens with zero attached hydrogens (tertiary/aromatic N) is 1. The highest BCUT2D eigenvalue weighted by Gasteiger charge is 2.34. The Morgan fingerprint density at radius 3 is 2.31 bits per heavy atom. The zero-order valence-corrected chi connectivity index (χ0v) is 15.6. The Kier molecular flexibility index (Phi) is 7.12. The quantitative estimate of drug-likeness (QED) is 0.317. The van der Waals surface area contributed by atoms with E-state index >= 15 is 0 Å². The van der Waals surface area contributed by atoms with Crippen molar-refractivity contribution in [1.29, 1.82) is 5.26 Å². The van der Waals surface area contributed by atoms with Gasteiger partial charge in [0, 0.05) is 5.56 Å². The number of carbonyl (C=O) groups excluding carboxylic acids is 2. The minimum atomic E-state index is -4.76. The first-order valence-electron chi connectivity index (χ1n) is 8.09. The van der Waals surface area contributed by atoms with Crippen LogP contribution in [0.2, 0.25) is 0 Å². The van der Waals surface area contributed by atoms with Gasteiger partial charge in [0.05, 0.1) is 17.4 Å². The summed E-state index contributed by atoms with van der Waals surface area (Å²) in [7, 11) is -3.16. The molecule has 6 nitrogen and oxygen atoms in total. The maximum atomic E-state index is 12.9. The van der Waals surface area contributed by atoms with E-state index in [9.17, 15) is 36.4 Å². The van der Waals surface area contributed by atoms with Crippen molar-refractivity contribution >= 4 is 22.5 Å². The lowest BCUT2D eigenvalue weighted by molar-refractivity contribution is -0.146. The smallest absolute Gasteiger partial charge is 0.416 e. The number of ketones is 1. The summed E-state index contributed by atoms with van der Waals surface area (Å²) in [5, 5.41) is 9.21. The van der Waals surface area contributed by atoms with Crippen molar-refractivity contribution in [1.82, 2.24) is 0 Å². The molecule has 0 saturated carbocycles. The van der Waals surface area contributed by atoms with Crippen LogP contribution in [0.3, 0.4) is 0 Å². The zero-order chi connectivity index (χ0) is 21.6. The zero-order valence-electron chi connectivity index (χ0n) is 14.7. The Morgan fingerprint density at radius 2 is 1.76 bits per heavy atom. The van der Waals surface area contributed by atoms with Gasteiger partial charge in [-0.25, -0.2) is 8.42 Å². The number of ether oxygens (including phenoxy) is 1. The topological polar surface area (TPSA) is 101 Å². The van der Waals surface area contributed by atoms with Crippen LogP contribution in [0.1, 0.15) is 27.0 Å². The van der Waals surface area contributed by atoms with Crippen LogP contribution in [-0.2, 0) is 38.8 Å². The molecule has 10 heteroatoms. The Hall–Kier alpha value is -3.19. The Bertz CT molecular complexity index is 1020. The van der Waals surface area contributed by atoms with Gasteiger partial charge in [-0.3, -0.25) is 9.59 Å². The number of hydrogen-bond acceptors (Lipinski definition) is 6. The van der Waals surface area contributed by atoms with Crippen molar-refractivity contribution in [2.75, 3.05) is 0 Å². The van der Waals surface area contributed by atoms with Gasteiger partial charge in [0.25, 0.3) is 0 Å². The third-order valence-corrected chi connectivity index (χ3v) is 4.45. The van der Waals surface area contributed by atoms with Gasteiger partial charge in [-0.05, 0) is 23.3 Å². The number of alkyl halides is 3. The van der Waals surface area contributed by atoms with Crippen molar-refractivity contribution in [2.24, 2.45) is 5.92 Å². The predicted octanol–water partition coefficient (Wildman–Crippen LogP) is 2.88. The normalized spacial score (nSPS) is 12.2. The number of esters is 1. The molecule has 0 fully saturated rings. The minimum Gasteiger partial charge on any atom is -0.459 e. The molecular weight excluding hydrogens is 411 g/mol. The van der Waals surface area contributed by atoms with Gasteiger partial charge in [0.15, 0.2) is 5.78 Å². The van der Waals surface area contributed by atoms with Gasteiger partial charge in [-0.2, -0.15) is 18.4 Å². The summed E-state index contributed by atoms with van der Waals surface area (Å²) in [6, 6.07) is 11.7. The predicted molar refractivity (Wildman–Crippen MR) is 95.1 cm³/mol. The number of hydrogen-bond donors (Lipinski definition) is 1. The SMILES string of the molecule is N#CC(C(=O)OCc1ccccc1)C(=O)c1ccc(C(F)(F)F)cc1C[SH](=O)=O. The maximum Gasteiger partial charge on any atom is 0.416 e. The molecule has 0 amide bonds. The van der Waals surface area contributed by atoms with Gasteiger partial charge < -0.3 is 4.74 Å². The average Bonchev–Trinajstić information content (AvgIpc) is 2.66. The number of halogens is 3.